The molecule has 0 amide bonds. The van der Waals surface area contributed by atoms with E-state index < -0.39 is 10.0 Å². The highest BCUT2D eigenvalue weighted by Gasteiger charge is 2.28. The van der Waals surface area contributed by atoms with Gasteiger partial charge in [-0.3, -0.25) is 0 Å². The molecule has 0 aromatic carbocycles. The topological polar surface area (TPSA) is 63.4 Å². The maximum atomic E-state index is 11.6. The van der Waals surface area contributed by atoms with Crippen LogP contribution in [0.15, 0.2) is 12.7 Å². The van der Waals surface area contributed by atoms with Crippen LogP contribution in [0.1, 0.15) is 12.8 Å². The third kappa shape index (κ3) is 2.79. The lowest BCUT2D eigenvalue weighted by Gasteiger charge is -2.14. The summed E-state index contributed by atoms with van der Waals surface area (Å²) in [4.78, 5) is 0. The van der Waals surface area contributed by atoms with Crippen molar-refractivity contribution in [3.05, 3.63) is 12.7 Å². The molecule has 0 aromatic rings. The normalized spacial score (nSPS) is 24.8. The van der Waals surface area contributed by atoms with Gasteiger partial charge in [0.05, 0.1) is 5.75 Å². The molecule has 1 aliphatic rings. The Bertz CT molecular complexity index is 274. The fourth-order valence-corrected chi connectivity index (χ4v) is 2.89. The van der Waals surface area contributed by atoms with E-state index in [1.807, 2.05) is 0 Å². The highest BCUT2D eigenvalue weighted by molar-refractivity contribution is 7.89. The molecule has 2 N–H and O–H groups in total. The number of sulfonamides is 1. The first-order valence-electron chi connectivity index (χ1n) is 4.40. The average molecular weight is 204 g/mol. The van der Waals surface area contributed by atoms with Crippen LogP contribution in [0.2, 0.25) is 0 Å². The van der Waals surface area contributed by atoms with Crippen LogP contribution in [0.5, 0.6) is 0 Å². The predicted octanol–water partition coefficient (Wildman–Crippen LogP) is -0.0747. The zero-order valence-electron chi connectivity index (χ0n) is 7.65. The van der Waals surface area contributed by atoms with Crippen molar-refractivity contribution in [3.8, 4) is 0 Å². The summed E-state index contributed by atoms with van der Waals surface area (Å²) < 4.78 is 24.6. The fraction of sp³-hybridized carbons (Fsp3) is 0.750. The van der Waals surface area contributed by atoms with E-state index in [0.717, 1.165) is 6.42 Å². The second-order valence-corrected chi connectivity index (χ2v) is 5.39. The standard InChI is InChI=1S/C8H16N2O2S/c1-2-3-6-13(11,12)10-5-4-8(9)7-10/h2,8H,1,3-7,9H2/t8-/m1/s1. The maximum absolute atomic E-state index is 11.6. The van der Waals surface area contributed by atoms with E-state index in [0.29, 0.717) is 19.5 Å². The number of hydrogen-bond acceptors (Lipinski definition) is 3. The zero-order chi connectivity index (χ0) is 9.90. The Morgan fingerprint density at radius 1 is 1.62 bits per heavy atom. The number of nitrogens with zero attached hydrogens (tertiary/aromatic N) is 1. The van der Waals surface area contributed by atoms with Gasteiger partial charge in [0.1, 0.15) is 0 Å². The van der Waals surface area contributed by atoms with E-state index in [9.17, 15) is 8.42 Å². The number of hydrogen-bond donors (Lipinski definition) is 1. The Balaban J connectivity index is 2.54. The van der Waals surface area contributed by atoms with E-state index in [4.69, 9.17) is 5.73 Å². The summed E-state index contributed by atoms with van der Waals surface area (Å²) in [6.07, 6.45) is 2.90. The molecule has 0 aromatic heterocycles. The van der Waals surface area contributed by atoms with E-state index in [2.05, 4.69) is 6.58 Å². The molecule has 4 nitrogen and oxygen atoms in total. The van der Waals surface area contributed by atoms with E-state index >= 15 is 0 Å². The van der Waals surface area contributed by atoms with Crippen molar-refractivity contribution in [2.24, 2.45) is 5.73 Å². The Kier molecular flexibility index (Phi) is 3.47. The van der Waals surface area contributed by atoms with Crippen LogP contribution in [0.3, 0.4) is 0 Å². The lowest BCUT2D eigenvalue weighted by Crippen LogP contribution is -2.33. The number of allylic oxidation sites excluding steroid dienone is 1. The van der Waals surface area contributed by atoms with Crippen molar-refractivity contribution in [1.82, 2.24) is 4.31 Å². The minimum absolute atomic E-state index is 0.0125. The van der Waals surface area contributed by atoms with Gasteiger partial charge in [-0.25, -0.2) is 12.7 Å². The van der Waals surface area contributed by atoms with E-state index in [-0.39, 0.29) is 11.8 Å². The fourth-order valence-electron chi connectivity index (χ4n) is 1.37. The highest BCUT2D eigenvalue weighted by atomic mass is 32.2. The van der Waals surface area contributed by atoms with Gasteiger partial charge in [-0.2, -0.15) is 0 Å². The lowest BCUT2D eigenvalue weighted by atomic mass is 10.3. The molecule has 0 aliphatic carbocycles. The highest BCUT2D eigenvalue weighted by Crippen LogP contribution is 2.13. The molecule has 13 heavy (non-hydrogen) atoms. The summed E-state index contributed by atoms with van der Waals surface area (Å²) in [6.45, 7) is 4.54. The molecule has 1 rings (SSSR count). The summed E-state index contributed by atoms with van der Waals surface area (Å²) in [5, 5.41) is 0. The van der Waals surface area contributed by atoms with Crippen LogP contribution in [0, 0.1) is 0 Å². The Morgan fingerprint density at radius 3 is 2.77 bits per heavy atom. The zero-order valence-corrected chi connectivity index (χ0v) is 8.46. The summed E-state index contributed by atoms with van der Waals surface area (Å²) >= 11 is 0. The average Bonchev–Trinajstić information content (AvgIpc) is 2.49. The molecule has 1 heterocycles. The molecule has 1 fully saturated rings. The Labute approximate surface area is 79.5 Å². The molecule has 5 heteroatoms. The number of nitrogens with two attached hydrogens (primary N) is 1. The lowest BCUT2D eigenvalue weighted by molar-refractivity contribution is 0.472. The van der Waals surface area contributed by atoms with Crippen molar-refractivity contribution in [2.75, 3.05) is 18.8 Å². The van der Waals surface area contributed by atoms with Crippen molar-refractivity contribution in [3.63, 3.8) is 0 Å². The molecule has 1 atom stereocenters. The van der Waals surface area contributed by atoms with Gasteiger partial charge < -0.3 is 5.73 Å². The molecule has 0 unspecified atom stereocenters. The quantitative estimate of drug-likeness (QED) is 0.652. The molecular formula is C8H16N2O2S. The predicted molar refractivity (Wildman–Crippen MR) is 52.8 cm³/mol. The smallest absolute Gasteiger partial charge is 0.214 e. The van der Waals surface area contributed by atoms with Gasteiger partial charge >= 0.3 is 0 Å². The van der Waals surface area contributed by atoms with Crippen molar-refractivity contribution in [2.45, 2.75) is 18.9 Å². The largest absolute Gasteiger partial charge is 0.326 e. The first-order valence-corrected chi connectivity index (χ1v) is 6.01. The van der Waals surface area contributed by atoms with Crippen molar-refractivity contribution in [1.29, 1.82) is 0 Å². The third-order valence-corrected chi connectivity index (χ3v) is 4.03. The SMILES string of the molecule is C=CCCS(=O)(=O)N1CC[C@@H](N)C1. The van der Waals surface area contributed by atoms with Gasteiger partial charge in [-0.15, -0.1) is 6.58 Å². The number of rotatable bonds is 4. The summed E-state index contributed by atoms with van der Waals surface area (Å²) in [6, 6.07) is 0.0125. The van der Waals surface area contributed by atoms with Gasteiger partial charge in [-0.05, 0) is 12.8 Å². The second kappa shape index (κ2) is 4.21. The van der Waals surface area contributed by atoms with Gasteiger partial charge in [0.2, 0.25) is 10.0 Å². The monoisotopic (exact) mass is 204 g/mol. The van der Waals surface area contributed by atoms with E-state index in [1.165, 1.54) is 4.31 Å². The van der Waals surface area contributed by atoms with Gasteiger partial charge in [0.15, 0.2) is 0 Å². The second-order valence-electron chi connectivity index (χ2n) is 3.30. The van der Waals surface area contributed by atoms with Crippen LogP contribution in [-0.2, 0) is 10.0 Å². The summed E-state index contributed by atoms with van der Waals surface area (Å²) in [7, 11) is -3.07. The molecule has 1 saturated heterocycles. The Morgan fingerprint density at radius 2 is 2.31 bits per heavy atom. The first kappa shape index (κ1) is 10.7. The third-order valence-electron chi connectivity index (χ3n) is 2.16. The summed E-state index contributed by atoms with van der Waals surface area (Å²) in [5.74, 6) is 0.156. The molecular weight excluding hydrogens is 188 g/mol. The van der Waals surface area contributed by atoms with E-state index in [1.54, 1.807) is 6.08 Å². The molecule has 76 valence electrons. The van der Waals surface area contributed by atoms with Gasteiger partial charge in [0, 0.05) is 19.1 Å². The molecule has 0 radical (unpaired) electrons. The van der Waals surface area contributed by atoms with Crippen molar-refractivity contribution < 1.29 is 8.42 Å². The van der Waals surface area contributed by atoms with Crippen LogP contribution in [0.25, 0.3) is 0 Å². The van der Waals surface area contributed by atoms with Crippen LogP contribution in [-0.4, -0.2) is 37.6 Å². The van der Waals surface area contributed by atoms with Crippen LogP contribution >= 0.6 is 0 Å². The molecule has 0 saturated carbocycles. The first-order chi connectivity index (χ1) is 6.06. The minimum atomic E-state index is -3.07. The molecule has 0 spiro atoms. The Hall–Kier alpha value is -0.390. The van der Waals surface area contributed by atoms with Crippen molar-refractivity contribution >= 4 is 10.0 Å². The van der Waals surface area contributed by atoms with Crippen LogP contribution < -0.4 is 5.73 Å². The minimum Gasteiger partial charge on any atom is -0.326 e. The van der Waals surface area contributed by atoms with Crippen LogP contribution in [0.4, 0.5) is 0 Å². The summed E-state index contributed by atoms with van der Waals surface area (Å²) in [5.41, 5.74) is 5.62. The van der Waals surface area contributed by atoms with Gasteiger partial charge in [0.25, 0.3) is 0 Å². The maximum Gasteiger partial charge on any atom is 0.214 e. The van der Waals surface area contributed by atoms with Gasteiger partial charge in [-0.1, -0.05) is 6.08 Å². The molecule has 1 aliphatic heterocycles. The molecule has 0 bridgehead atoms.